The highest BCUT2D eigenvalue weighted by Crippen LogP contribution is 2.39. The quantitative estimate of drug-likeness (QED) is 0.517. The topological polar surface area (TPSA) is 56.7 Å². The summed E-state index contributed by atoms with van der Waals surface area (Å²) in [4.78, 5) is 4.83. The molecule has 0 aromatic carbocycles. The number of nitrogens with one attached hydrogen (secondary N) is 2. The molecule has 0 saturated heterocycles. The van der Waals surface area contributed by atoms with Crippen molar-refractivity contribution in [1.29, 1.82) is 0 Å². The van der Waals surface area contributed by atoms with Crippen molar-refractivity contribution in [2.75, 3.05) is 19.7 Å². The molecule has 0 radical (unpaired) electrons. The fourth-order valence-electron chi connectivity index (χ4n) is 3.29. The largest absolute Gasteiger partial charge is 0.396 e. The molecule has 2 atom stereocenters. The molecule has 4 heteroatoms. The van der Waals surface area contributed by atoms with Gasteiger partial charge in [0.2, 0.25) is 0 Å². The van der Waals surface area contributed by atoms with Crippen LogP contribution >= 0.6 is 0 Å². The third kappa shape index (κ3) is 4.37. The summed E-state index contributed by atoms with van der Waals surface area (Å²) in [6, 6.07) is 0.605. The lowest BCUT2D eigenvalue weighted by molar-refractivity contribution is 0.137. The van der Waals surface area contributed by atoms with Crippen LogP contribution in [0.4, 0.5) is 0 Å². The second-order valence-corrected chi connectivity index (χ2v) is 6.69. The molecule has 0 heterocycles. The Morgan fingerprint density at radius 3 is 2.55 bits per heavy atom. The molecule has 2 unspecified atom stereocenters. The summed E-state index contributed by atoms with van der Waals surface area (Å²) in [7, 11) is 0. The van der Waals surface area contributed by atoms with E-state index in [0.29, 0.717) is 12.6 Å². The van der Waals surface area contributed by atoms with Crippen molar-refractivity contribution in [2.24, 2.45) is 16.3 Å². The molecular weight excluding hydrogens is 250 g/mol. The third-order valence-electron chi connectivity index (χ3n) is 4.90. The van der Waals surface area contributed by atoms with Crippen LogP contribution in [0.5, 0.6) is 0 Å². The summed E-state index contributed by atoms with van der Waals surface area (Å²) in [6.07, 6.45) is 8.52. The minimum absolute atomic E-state index is 0.241. The van der Waals surface area contributed by atoms with Crippen LogP contribution in [0, 0.1) is 11.3 Å². The first-order valence-electron chi connectivity index (χ1n) is 8.35. The Bertz CT molecular complexity index is 318. The molecule has 3 N–H and O–H groups in total. The molecule has 2 aliphatic carbocycles. The van der Waals surface area contributed by atoms with E-state index in [9.17, 15) is 5.11 Å². The monoisotopic (exact) mass is 281 g/mol. The fourth-order valence-corrected chi connectivity index (χ4v) is 3.29. The summed E-state index contributed by atoms with van der Waals surface area (Å²) in [5.74, 6) is 1.74. The average molecular weight is 281 g/mol. The van der Waals surface area contributed by atoms with Gasteiger partial charge in [-0.3, -0.25) is 4.99 Å². The Hall–Kier alpha value is -0.770. The molecule has 0 aromatic heterocycles. The van der Waals surface area contributed by atoms with Gasteiger partial charge in [-0.25, -0.2) is 0 Å². The van der Waals surface area contributed by atoms with Crippen LogP contribution in [-0.2, 0) is 0 Å². The smallest absolute Gasteiger partial charge is 0.191 e. The predicted molar refractivity (Wildman–Crippen MR) is 83.9 cm³/mol. The van der Waals surface area contributed by atoms with Crippen molar-refractivity contribution in [2.45, 2.75) is 64.8 Å². The minimum atomic E-state index is 0.241. The Morgan fingerprint density at radius 2 is 2.00 bits per heavy atom. The van der Waals surface area contributed by atoms with Crippen molar-refractivity contribution in [3.63, 3.8) is 0 Å². The lowest BCUT2D eigenvalue weighted by Crippen LogP contribution is -2.40. The Labute approximate surface area is 123 Å². The van der Waals surface area contributed by atoms with Gasteiger partial charge in [-0.2, -0.15) is 0 Å². The summed E-state index contributed by atoms with van der Waals surface area (Å²) >= 11 is 0. The van der Waals surface area contributed by atoms with Crippen molar-refractivity contribution >= 4 is 5.96 Å². The highest BCUT2D eigenvalue weighted by atomic mass is 16.3. The summed E-state index contributed by atoms with van der Waals surface area (Å²) in [6.45, 7) is 6.43. The number of guanidine groups is 1. The maximum absolute atomic E-state index is 9.36. The maximum atomic E-state index is 9.36. The molecule has 2 saturated carbocycles. The first kappa shape index (κ1) is 15.6. The van der Waals surface area contributed by atoms with Gasteiger partial charge >= 0.3 is 0 Å². The number of aliphatic hydroxyl groups excluding tert-OH is 1. The van der Waals surface area contributed by atoms with Crippen molar-refractivity contribution in [3.05, 3.63) is 0 Å². The van der Waals surface area contributed by atoms with E-state index in [0.717, 1.165) is 31.4 Å². The van der Waals surface area contributed by atoms with Gasteiger partial charge in [0.15, 0.2) is 5.96 Å². The van der Waals surface area contributed by atoms with E-state index >= 15 is 0 Å². The number of hydrogen-bond acceptors (Lipinski definition) is 2. The molecule has 2 aliphatic rings. The molecule has 2 rings (SSSR count). The number of aliphatic hydroxyl groups is 1. The molecule has 4 nitrogen and oxygen atoms in total. The number of rotatable bonds is 6. The molecule has 0 bridgehead atoms. The van der Waals surface area contributed by atoms with Gasteiger partial charge < -0.3 is 15.7 Å². The van der Waals surface area contributed by atoms with Gasteiger partial charge in [-0.15, -0.1) is 0 Å². The van der Waals surface area contributed by atoms with Crippen LogP contribution in [0.1, 0.15) is 58.8 Å². The maximum Gasteiger partial charge on any atom is 0.191 e. The van der Waals surface area contributed by atoms with Crippen molar-refractivity contribution < 1.29 is 5.11 Å². The van der Waals surface area contributed by atoms with E-state index in [1.54, 1.807) is 0 Å². The first-order chi connectivity index (χ1) is 9.69. The van der Waals surface area contributed by atoms with Crippen LogP contribution in [0.15, 0.2) is 4.99 Å². The van der Waals surface area contributed by atoms with Gasteiger partial charge in [-0.05, 0) is 43.9 Å². The van der Waals surface area contributed by atoms with Crippen LogP contribution in [-0.4, -0.2) is 36.8 Å². The zero-order chi connectivity index (χ0) is 14.4. The second kappa shape index (κ2) is 7.30. The van der Waals surface area contributed by atoms with Gasteiger partial charge in [0.05, 0.1) is 0 Å². The lowest BCUT2D eigenvalue weighted by Gasteiger charge is -2.35. The summed E-state index contributed by atoms with van der Waals surface area (Å²) < 4.78 is 0. The Kier molecular flexibility index (Phi) is 5.70. The SMILES string of the molecule is CCNC(=NCC1(CCO)CCCCC1)NC1CC1C. The summed E-state index contributed by atoms with van der Waals surface area (Å²) in [5.41, 5.74) is 0.241. The highest BCUT2D eigenvalue weighted by molar-refractivity contribution is 5.80. The first-order valence-corrected chi connectivity index (χ1v) is 8.35. The van der Waals surface area contributed by atoms with Gasteiger partial charge in [0, 0.05) is 25.7 Å². The van der Waals surface area contributed by atoms with Crippen molar-refractivity contribution in [1.82, 2.24) is 10.6 Å². The summed E-state index contributed by atoms with van der Waals surface area (Å²) in [5, 5.41) is 16.2. The average Bonchev–Trinajstić information content (AvgIpc) is 3.13. The Morgan fingerprint density at radius 1 is 1.30 bits per heavy atom. The molecular formula is C16H31N3O. The normalized spacial score (nSPS) is 29.1. The molecule has 20 heavy (non-hydrogen) atoms. The van der Waals surface area contributed by atoms with Gasteiger partial charge in [0.25, 0.3) is 0 Å². The van der Waals surface area contributed by atoms with E-state index in [2.05, 4.69) is 24.5 Å². The van der Waals surface area contributed by atoms with Crippen LogP contribution in [0.25, 0.3) is 0 Å². The predicted octanol–water partition coefficient (Wildman–Crippen LogP) is 2.28. The van der Waals surface area contributed by atoms with Crippen molar-refractivity contribution in [3.8, 4) is 0 Å². The molecule has 2 fully saturated rings. The molecule has 0 aliphatic heterocycles. The third-order valence-corrected chi connectivity index (χ3v) is 4.90. The van der Waals surface area contributed by atoms with Crippen LogP contribution in [0.3, 0.4) is 0 Å². The zero-order valence-corrected chi connectivity index (χ0v) is 13.1. The number of nitrogens with zero attached hydrogens (tertiary/aromatic N) is 1. The van der Waals surface area contributed by atoms with E-state index in [1.165, 1.54) is 38.5 Å². The van der Waals surface area contributed by atoms with E-state index in [-0.39, 0.29) is 5.41 Å². The lowest BCUT2D eigenvalue weighted by atomic mass is 9.72. The fraction of sp³-hybridized carbons (Fsp3) is 0.938. The van der Waals surface area contributed by atoms with Crippen LogP contribution < -0.4 is 10.6 Å². The Balaban J connectivity index is 1.93. The molecule has 0 spiro atoms. The standard InChI is InChI=1S/C16H31N3O/c1-3-17-15(19-14-11-13(14)2)18-12-16(9-10-20)7-5-4-6-8-16/h13-14,20H,3-12H2,1-2H3,(H2,17,18,19). The second-order valence-electron chi connectivity index (χ2n) is 6.69. The minimum Gasteiger partial charge on any atom is -0.396 e. The molecule has 0 aromatic rings. The van der Waals surface area contributed by atoms with E-state index < -0.39 is 0 Å². The van der Waals surface area contributed by atoms with Crippen LogP contribution in [0.2, 0.25) is 0 Å². The van der Waals surface area contributed by atoms with Gasteiger partial charge in [-0.1, -0.05) is 26.2 Å². The van der Waals surface area contributed by atoms with E-state index in [1.807, 2.05) is 0 Å². The number of hydrogen-bond donors (Lipinski definition) is 3. The van der Waals surface area contributed by atoms with E-state index in [4.69, 9.17) is 4.99 Å². The number of aliphatic imine (C=N–C) groups is 1. The zero-order valence-electron chi connectivity index (χ0n) is 13.1. The highest BCUT2D eigenvalue weighted by Gasteiger charge is 2.34. The molecule has 0 amide bonds. The van der Waals surface area contributed by atoms with Gasteiger partial charge in [0.1, 0.15) is 0 Å². The molecule has 116 valence electrons.